The third-order valence-corrected chi connectivity index (χ3v) is 5.85. The Bertz CT molecular complexity index is 564. The van der Waals surface area contributed by atoms with E-state index in [1.165, 1.54) is 31.9 Å². The first-order chi connectivity index (χ1) is 10.1. The van der Waals surface area contributed by atoms with Gasteiger partial charge in [-0.05, 0) is 50.5 Å². The SMILES string of the molecule is CNCCn1cc(S(=O)(=O)NCC(C2CC2)C2CC2)cn1. The minimum absolute atomic E-state index is 0.268. The Morgan fingerprint density at radius 1 is 1.33 bits per heavy atom. The molecule has 0 saturated heterocycles. The molecule has 1 heterocycles. The molecular weight excluding hydrogens is 288 g/mol. The van der Waals surface area contributed by atoms with Gasteiger partial charge in [-0.2, -0.15) is 5.10 Å². The summed E-state index contributed by atoms with van der Waals surface area (Å²) in [5.74, 6) is 2.04. The number of rotatable bonds is 9. The van der Waals surface area contributed by atoms with Crippen LogP contribution >= 0.6 is 0 Å². The number of likely N-dealkylation sites (N-methyl/N-ethyl adjacent to an activating group) is 1. The van der Waals surface area contributed by atoms with Crippen molar-refractivity contribution in [3.8, 4) is 0 Å². The maximum absolute atomic E-state index is 12.3. The molecule has 0 bridgehead atoms. The van der Waals surface area contributed by atoms with E-state index in [-0.39, 0.29) is 4.90 Å². The lowest BCUT2D eigenvalue weighted by molar-refractivity contribution is 0.401. The van der Waals surface area contributed by atoms with E-state index < -0.39 is 10.0 Å². The zero-order valence-electron chi connectivity index (χ0n) is 12.5. The first-order valence-corrected chi connectivity index (χ1v) is 9.25. The van der Waals surface area contributed by atoms with E-state index in [1.54, 1.807) is 10.9 Å². The van der Waals surface area contributed by atoms with Gasteiger partial charge in [0.05, 0.1) is 12.7 Å². The van der Waals surface area contributed by atoms with Crippen LogP contribution in [0.3, 0.4) is 0 Å². The summed E-state index contributed by atoms with van der Waals surface area (Å²) >= 11 is 0. The number of hydrogen-bond donors (Lipinski definition) is 2. The summed E-state index contributed by atoms with van der Waals surface area (Å²) in [6.07, 6.45) is 8.11. The Hall–Kier alpha value is -0.920. The van der Waals surface area contributed by atoms with E-state index in [2.05, 4.69) is 15.1 Å². The lowest BCUT2D eigenvalue weighted by Gasteiger charge is -2.15. The smallest absolute Gasteiger partial charge is 0.243 e. The standard InChI is InChI=1S/C14H24N4O2S/c1-15-6-7-18-10-13(8-16-18)21(19,20)17-9-14(11-2-3-11)12-4-5-12/h8,10-12,14-15,17H,2-7,9H2,1H3. The molecule has 1 aromatic heterocycles. The van der Waals surface area contributed by atoms with E-state index in [0.29, 0.717) is 19.0 Å². The highest BCUT2D eigenvalue weighted by Crippen LogP contribution is 2.48. The second-order valence-electron chi connectivity index (χ2n) is 6.23. The lowest BCUT2D eigenvalue weighted by atomic mass is 9.99. The van der Waals surface area contributed by atoms with Crippen molar-refractivity contribution in [1.29, 1.82) is 0 Å². The maximum Gasteiger partial charge on any atom is 0.243 e. The molecule has 2 aliphatic carbocycles. The van der Waals surface area contributed by atoms with Gasteiger partial charge < -0.3 is 5.32 Å². The highest BCUT2D eigenvalue weighted by molar-refractivity contribution is 7.89. The molecule has 118 valence electrons. The second-order valence-corrected chi connectivity index (χ2v) is 8.00. The van der Waals surface area contributed by atoms with Gasteiger partial charge >= 0.3 is 0 Å². The average Bonchev–Trinajstić information content (AvgIpc) is 3.38. The van der Waals surface area contributed by atoms with Gasteiger partial charge in [-0.25, -0.2) is 13.1 Å². The number of nitrogens with one attached hydrogen (secondary N) is 2. The van der Waals surface area contributed by atoms with Crippen LogP contribution in [0.5, 0.6) is 0 Å². The topological polar surface area (TPSA) is 76.0 Å². The number of aromatic nitrogens is 2. The molecule has 0 amide bonds. The second kappa shape index (κ2) is 6.06. The average molecular weight is 312 g/mol. The summed E-state index contributed by atoms with van der Waals surface area (Å²) in [4.78, 5) is 0.268. The summed E-state index contributed by atoms with van der Waals surface area (Å²) in [6, 6.07) is 0. The molecule has 0 atom stereocenters. The molecule has 0 spiro atoms. The molecule has 0 aliphatic heterocycles. The zero-order valence-corrected chi connectivity index (χ0v) is 13.3. The minimum atomic E-state index is -3.42. The Morgan fingerprint density at radius 3 is 2.57 bits per heavy atom. The molecule has 3 rings (SSSR count). The van der Waals surface area contributed by atoms with Crippen LogP contribution in [0.4, 0.5) is 0 Å². The van der Waals surface area contributed by atoms with Crippen molar-refractivity contribution in [3.63, 3.8) is 0 Å². The van der Waals surface area contributed by atoms with Crippen molar-refractivity contribution in [1.82, 2.24) is 19.8 Å². The highest BCUT2D eigenvalue weighted by atomic mass is 32.2. The lowest BCUT2D eigenvalue weighted by Crippen LogP contribution is -2.31. The van der Waals surface area contributed by atoms with Crippen LogP contribution < -0.4 is 10.0 Å². The first-order valence-electron chi connectivity index (χ1n) is 7.77. The molecule has 7 heteroatoms. The molecule has 6 nitrogen and oxygen atoms in total. The van der Waals surface area contributed by atoms with Gasteiger partial charge in [0.1, 0.15) is 4.90 Å². The fourth-order valence-corrected chi connectivity index (χ4v) is 3.91. The van der Waals surface area contributed by atoms with E-state index in [1.807, 2.05) is 7.05 Å². The predicted molar refractivity (Wildman–Crippen MR) is 80.3 cm³/mol. The molecular formula is C14H24N4O2S. The van der Waals surface area contributed by atoms with Crippen molar-refractivity contribution in [3.05, 3.63) is 12.4 Å². The van der Waals surface area contributed by atoms with Crippen LogP contribution in [0.25, 0.3) is 0 Å². The van der Waals surface area contributed by atoms with Crippen molar-refractivity contribution in [2.75, 3.05) is 20.1 Å². The van der Waals surface area contributed by atoms with Crippen LogP contribution in [-0.2, 0) is 16.6 Å². The van der Waals surface area contributed by atoms with E-state index in [4.69, 9.17) is 0 Å². The van der Waals surface area contributed by atoms with Gasteiger partial charge in [0.25, 0.3) is 0 Å². The van der Waals surface area contributed by atoms with Gasteiger partial charge in [0.2, 0.25) is 10.0 Å². The van der Waals surface area contributed by atoms with Crippen molar-refractivity contribution in [2.45, 2.75) is 37.1 Å². The van der Waals surface area contributed by atoms with Crippen LogP contribution in [0, 0.1) is 17.8 Å². The van der Waals surface area contributed by atoms with Gasteiger partial charge in [-0.15, -0.1) is 0 Å². The van der Waals surface area contributed by atoms with Gasteiger partial charge in [-0.3, -0.25) is 4.68 Å². The van der Waals surface area contributed by atoms with Gasteiger partial charge in [0.15, 0.2) is 0 Å². The van der Waals surface area contributed by atoms with Crippen LogP contribution in [0.1, 0.15) is 25.7 Å². The molecule has 2 saturated carbocycles. The van der Waals surface area contributed by atoms with Gasteiger partial charge in [-0.1, -0.05) is 0 Å². The zero-order chi connectivity index (χ0) is 14.9. The third-order valence-electron chi connectivity index (χ3n) is 4.47. The Labute approximate surface area is 126 Å². The third kappa shape index (κ3) is 3.84. The van der Waals surface area contributed by atoms with E-state index in [9.17, 15) is 8.42 Å². The number of nitrogens with zero attached hydrogens (tertiary/aromatic N) is 2. The first kappa shape index (κ1) is 15.0. The van der Waals surface area contributed by atoms with E-state index >= 15 is 0 Å². The molecule has 21 heavy (non-hydrogen) atoms. The molecule has 0 aromatic carbocycles. The molecule has 0 radical (unpaired) electrons. The predicted octanol–water partition coefficient (Wildman–Crippen LogP) is 0.817. The van der Waals surface area contributed by atoms with Crippen LogP contribution in [0.2, 0.25) is 0 Å². The normalized spacial score (nSPS) is 19.3. The Kier molecular flexibility index (Phi) is 4.33. The van der Waals surface area contributed by atoms with Crippen LogP contribution in [-0.4, -0.2) is 38.3 Å². The van der Waals surface area contributed by atoms with Crippen molar-refractivity contribution in [2.24, 2.45) is 17.8 Å². The molecule has 2 N–H and O–H groups in total. The fraction of sp³-hybridized carbons (Fsp3) is 0.786. The van der Waals surface area contributed by atoms with Crippen molar-refractivity contribution < 1.29 is 8.42 Å². The van der Waals surface area contributed by atoms with Crippen LogP contribution in [0.15, 0.2) is 17.3 Å². The maximum atomic E-state index is 12.3. The summed E-state index contributed by atoms with van der Waals surface area (Å²) in [6.45, 7) is 2.01. The quantitative estimate of drug-likeness (QED) is 0.708. The molecule has 1 aromatic rings. The largest absolute Gasteiger partial charge is 0.318 e. The summed E-state index contributed by atoms with van der Waals surface area (Å²) < 4.78 is 29.1. The Morgan fingerprint density at radius 2 is 2.00 bits per heavy atom. The van der Waals surface area contributed by atoms with Gasteiger partial charge in [0, 0.05) is 19.3 Å². The molecule has 2 aliphatic rings. The number of hydrogen-bond acceptors (Lipinski definition) is 4. The number of sulfonamides is 1. The summed E-state index contributed by atoms with van der Waals surface area (Å²) in [7, 11) is -1.57. The monoisotopic (exact) mass is 312 g/mol. The molecule has 2 fully saturated rings. The van der Waals surface area contributed by atoms with Crippen molar-refractivity contribution >= 4 is 10.0 Å². The van der Waals surface area contributed by atoms with E-state index in [0.717, 1.165) is 18.4 Å². The fourth-order valence-electron chi connectivity index (χ4n) is 2.89. The Balaban J connectivity index is 1.58. The summed E-state index contributed by atoms with van der Waals surface area (Å²) in [5, 5.41) is 7.12. The molecule has 0 unspecified atom stereocenters. The minimum Gasteiger partial charge on any atom is -0.318 e. The summed E-state index contributed by atoms with van der Waals surface area (Å²) in [5.41, 5.74) is 0. The highest BCUT2D eigenvalue weighted by Gasteiger charge is 2.41.